The first kappa shape index (κ1) is 21.1. The van der Waals surface area contributed by atoms with E-state index in [0.717, 1.165) is 23.5 Å². The van der Waals surface area contributed by atoms with Crippen molar-refractivity contribution in [1.82, 2.24) is 0 Å². The first-order valence-corrected chi connectivity index (χ1v) is 11.6. The number of hydrogen-bond donors (Lipinski definition) is 0. The fourth-order valence-corrected chi connectivity index (χ4v) is 4.73. The van der Waals surface area contributed by atoms with Gasteiger partial charge in [0.2, 0.25) is 0 Å². The number of halogens is 1. The third-order valence-corrected chi connectivity index (χ3v) is 6.61. The number of aryl methyl sites for hydroxylation is 1. The van der Waals surface area contributed by atoms with Gasteiger partial charge in [-0.25, -0.2) is 4.39 Å². The van der Waals surface area contributed by atoms with Crippen LogP contribution in [0.3, 0.4) is 0 Å². The van der Waals surface area contributed by atoms with E-state index in [0.29, 0.717) is 5.92 Å². The van der Waals surface area contributed by atoms with Crippen LogP contribution >= 0.6 is 0 Å². The van der Waals surface area contributed by atoms with Gasteiger partial charge in [-0.15, -0.1) is 0 Å². The molecule has 1 aliphatic rings. The van der Waals surface area contributed by atoms with Gasteiger partial charge in [0, 0.05) is 5.56 Å². The van der Waals surface area contributed by atoms with Crippen LogP contribution in [0.25, 0.3) is 11.1 Å². The number of rotatable bonds is 9. The van der Waals surface area contributed by atoms with E-state index in [1.54, 1.807) is 0 Å². The van der Waals surface area contributed by atoms with E-state index >= 15 is 0 Å². The SMILES string of the molecule is CCCCCc1ccc(-c2ccc(C3CCC(CCCC)CC3)cc2F)cc1. The first-order chi connectivity index (χ1) is 13.7. The zero-order valence-corrected chi connectivity index (χ0v) is 17.9. The molecule has 2 aromatic carbocycles. The summed E-state index contributed by atoms with van der Waals surface area (Å²) in [6, 6.07) is 14.5. The van der Waals surface area contributed by atoms with E-state index in [4.69, 9.17) is 0 Å². The molecule has 0 aromatic heterocycles. The molecule has 0 bridgehead atoms. The van der Waals surface area contributed by atoms with Gasteiger partial charge in [0.15, 0.2) is 0 Å². The fourth-order valence-electron chi connectivity index (χ4n) is 4.73. The third-order valence-electron chi connectivity index (χ3n) is 6.61. The van der Waals surface area contributed by atoms with Crippen molar-refractivity contribution in [2.45, 2.75) is 90.4 Å². The average Bonchev–Trinajstić information content (AvgIpc) is 2.73. The van der Waals surface area contributed by atoms with Crippen molar-refractivity contribution >= 4 is 0 Å². The zero-order valence-electron chi connectivity index (χ0n) is 17.9. The zero-order chi connectivity index (χ0) is 19.8. The highest BCUT2D eigenvalue weighted by molar-refractivity contribution is 5.65. The minimum absolute atomic E-state index is 0.0654. The minimum atomic E-state index is -0.0654. The van der Waals surface area contributed by atoms with Gasteiger partial charge in [-0.05, 0) is 73.1 Å². The Kier molecular flexibility index (Phi) is 8.13. The van der Waals surface area contributed by atoms with Crippen LogP contribution in [0.2, 0.25) is 0 Å². The van der Waals surface area contributed by atoms with Crippen molar-refractivity contribution in [2.24, 2.45) is 5.92 Å². The predicted octanol–water partition coefficient (Wildman–Crippen LogP) is 8.69. The Bertz CT molecular complexity index is 708. The minimum Gasteiger partial charge on any atom is -0.206 e. The van der Waals surface area contributed by atoms with Crippen molar-refractivity contribution in [2.75, 3.05) is 0 Å². The molecular weight excluding hydrogens is 343 g/mol. The molecule has 0 aliphatic heterocycles. The molecule has 1 heteroatoms. The molecule has 0 radical (unpaired) electrons. The predicted molar refractivity (Wildman–Crippen MR) is 119 cm³/mol. The second kappa shape index (κ2) is 10.8. The summed E-state index contributed by atoms with van der Waals surface area (Å²) >= 11 is 0. The Labute approximate surface area is 171 Å². The van der Waals surface area contributed by atoms with Crippen LogP contribution in [-0.4, -0.2) is 0 Å². The van der Waals surface area contributed by atoms with Gasteiger partial charge in [-0.3, -0.25) is 0 Å². The van der Waals surface area contributed by atoms with E-state index < -0.39 is 0 Å². The molecule has 152 valence electrons. The standard InChI is InChI=1S/C27H37F/c1-3-5-7-9-22-12-16-24(17-13-22)26-19-18-25(20-27(26)28)23-14-10-21(11-15-23)8-6-4-2/h12-13,16-21,23H,3-11,14-15H2,1-2H3. The van der Waals surface area contributed by atoms with Gasteiger partial charge in [0.25, 0.3) is 0 Å². The lowest BCUT2D eigenvalue weighted by Gasteiger charge is -2.29. The van der Waals surface area contributed by atoms with E-state index in [1.807, 2.05) is 12.1 Å². The Balaban J connectivity index is 1.61. The number of unbranched alkanes of at least 4 members (excludes halogenated alkanes) is 3. The van der Waals surface area contributed by atoms with E-state index in [9.17, 15) is 4.39 Å². The normalized spacial score (nSPS) is 19.7. The topological polar surface area (TPSA) is 0 Å². The van der Waals surface area contributed by atoms with Crippen LogP contribution in [0.15, 0.2) is 42.5 Å². The van der Waals surface area contributed by atoms with Crippen molar-refractivity contribution in [3.63, 3.8) is 0 Å². The maximum atomic E-state index is 14.9. The van der Waals surface area contributed by atoms with Crippen LogP contribution in [0.1, 0.15) is 95.1 Å². The van der Waals surface area contributed by atoms with Gasteiger partial charge in [-0.1, -0.05) is 82.3 Å². The van der Waals surface area contributed by atoms with Crippen molar-refractivity contribution in [3.8, 4) is 11.1 Å². The molecule has 1 fully saturated rings. The lowest BCUT2D eigenvalue weighted by Crippen LogP contribution is -2.13. The second-order valence-corrected chi connectivity index (χ2v) is 8.75. The molecule has 0 nitrogen and oxygen atoms in total. The summed E-state index contributed by atoms with van der Waals surface area (Å²) in [5.74, 6) is 1.38. The van der Waals surface area contributed by atoms with Crippen LogP contribution in [0.5, 0.6) is 0 Å². The maximum Gasteiger partial charge on any atom is 0.131 e. The Morgan fingerprint density at radius 3 is 2.18 bits per heavy atom. The molecule has 0 atom stereocenters. The van der Waals surface area contributed by atoms with Crippen LogP contribution in [0.4, 0.5) is 4.39 Å². The molecule has 1 saturated carbocycles. The van der Waals surface area contributed by atoms with E-state index in [2.05, 4.69) is 44.2 Å². The largest absolute Gasteiger partial charge is 0.206 e. The third kappa shape index (κ3) is 5.69. The highest BCUT2D eigenvalue weighted by atomic mass is 19.1. The monoisotopic (exact) mass is 380 g/mol. The van der Waals surface area contributed by atoms with E-state index in [-0.39, 0.29) is 5.82 Å². The maximum absolute atomic E-state index is 14.9. The summed E-state index contributed by atoms with van der Waals surface area (Å²) in [5, 5.41) is 0. The van der Waals surface area contributed by atoms with Crippen LogP contribution in [-0.2, 0) is 6.42 Å². The molecule has 3 rings (SSSR count). The summed E-state index contributed by atoms with van der Waals surface area (Å²) in [4.78, 5) is 0. The van der Waals surface area contributed by atoms with Gasteiger partial charge in [-0.2, -0.15) is 0 Å². The van der Waals surface area contributed by atoms with E-state index in [1.165, 1.54) is 75.3 Å². The smallest absolute Gasteiger partial charge is 0.131 e. The summed E-state index contributed by atoms with van der Waals surface area (Å²) in [5.41, 5.74) is 4.28. The summed E-state index contributed by atoms with van der Waals surface area (Å²) < 4.78 is 14.9. The van der Waals surface area contributed by atoms with Crippen LogP contribution < -0.4 is 0 Å². The lowest BCUT2D eigenvalue weighted by molar-refractivity contribution is 0.304. The molecule has 0 spiro atoms. The van der Waals surface area contributed by atoms with Crippen molar-refractivity contribution in [3.05, 3.63) is 59.4 Å². The molecule has 0 heterocycles. The molecule has 0 N–H and O–H groups in total. The summed E-state index contributed by atoms with van der Waals surface area (Å²) in [7, 11) is 0. The second-order valence-electron chi connectivity index (χ2n) is 8.75. The molecule has 2 aromatic rings. The highest BCUT2D eigenvalue weighted by Gasteiger charge is 2.22. The Morgan fingerprint density at radius 1 is 0.821 bits per heavy atom. The van der Waals surface area contributed by atoms with Crippen molar-refractivity contribution in [1.29, 1.82) is 0 Å². The molecule has 1 aliphatic carbocycles. The van der Waals surface area contributed by atoms with Crippen LogP contribution in [0, 0.1) is 11.7 Å². The molecule has 0 saturated heterocycles. The lowest BCUT2D eigenvalue weighted by atomic mass is 9.77. The molecule has 28 heavy (non-hydrogen) atoms. The fraction of sp³-hybridized carbons (Fsp3) is 0.556. The molecule has 0 unspecified atom stereocenters. The molecular formula is C27H37F. The summed E-state index contributed by atoms with van der Waals surface area (Å²) in [6.45, 7) is 4.50. The highest BCUT2D eigenvalue weighted by Crippen LogP contribution is 2.38. The number of hydrogen-bond acceptors (Lipinski definition) is 0. The van der Waals surface area contributed by atoms with Gasteiger partial charge >= 0.3 is 0 Å². The first-order valence-electron chi connectivity index (χ1n) is 11.6. The number of benzene rings is 2. The summed E-state index contributed by atoms with van der Waals surface area (Å²) in [6.07, 6.45) is 14.0. The quantitative estimate of drug-likeness (QED) is 0.382. The average molecular weight is 381 g/mol. The van der Waals surface area contributed by atoms with Gasteiger partial charge < -0.3 is 0 Å². The Morgan fingerprint density at radius 2 is 1.54 bits per heavy atom. The molecule has 0 amide bonds. The van der Waals surface area contributed by atoms with Gasteiger partial charge in [0.05, 0.1) is 0 Å². The van der Waals surface area contributed by atoms with Gasteiger partial charge in [0.1, 0.15) is 5.82 Å². The van der Waals surface area contributed by atoms with Crippen molar-refractivity contribution < 1.29 is 4.39 Å². The Hall–Kier alpha value is -1.63.